The van der Waals surface area contributed by atoms with E-state index in [2.05, 4.69) is 0 Å². The van der Waals surface area contributed by atoms with Crippen LogP contribution in [0, 0.1) is 0 Å². The number of fused-ring (bicyclic) bond motifs is 1. The average Bonchev–Trinajstić information content (AvgIpc) is 2.96. The minimum atomic E-state index is -0.928. The molecule has 2 aromatic carbocycles. The fourth-order valence-corrected chi connectivity index (χ4v) is 2.61. The Morgan fingerprint density at radius 2 is 1.74 bits per heavy atom. The van der Waals surface area contributed by atoms with Gasteiger partial charge < -0.3 is 19.1 Å². The van der Waals surface area contributed by atoms with E-state index in [-0.39, 0.29) is 5.56 Å². The molecular formula is C18H17NO4. The number of rotatable bonds is 5. The van der Waals surface area contributed by atoms with Crippen LogP contribution in [-0.4, -0.2) is 29.9 Å². The largest absolute Gasteiger partial charge is 0.497 e. The van der Waals surface area contributed by atoms with E-state index < -0.39 is 5.97 Å². The molecule has 23 heavy (non-hydrogen) atoms. The molecule has 0 radical (unpaired) electrons. The first kappa shape index (κ1) is 15.0. The highest BCUT2D eigenvalue weighted by atomic mass is 16.5. The van der Waals surface area contributed by atoms with Gasteiger partial charge in [0.15, 0.2) is 0 Å². The van der Waals surface area contributed by atoms with E-state index in [0.29, 0.717) is 6.54 Å². The Morgan fingerprint density at radius 1 is 1.04 bits per heavy atom. The van der Waals surface area contributed by atoms with Crippen LogP contribution in [0.4, 0.5) is 0 Å². The maximum atomic E-state index is 11.2. The van der Waals surface area contributed by atoms with Crippen molar-refractivity contribution in [2.24, 2.45) is 0 Å². The zero-order valence-electron chi connectivity index (χ0n) is 12.9. The van der Waals surface area contributed by atoms with Gasteiger partial charge in [-0.3, -0.25) is 0 Å². The second-order valence-electron chi connectivity index (χ2n) is 5.24. The molecule has 118 valence electrons. The molecule has 0 spiro atoms. The van der Waals surface area contributed by atoms with Crippen molar-refractivity contribution in [2.45, 2.75) is 6.54 Å². The van der Waals surface area contributed by atoms with E-state index in [9.17, 15) is 4.79 Å². The van der Waals surface area contributed by atoms with Gasteiger partial charge in [0.2, 0.25) is 0 Å². The Labute approximate surface area is 133 Å². The molecule has 3 rings (SSSR count). The van der Waals surface area contributed by atoms with Crippen molar-refractivity contribution in [3.63, 3.8) is 0 Å². The maximum absolute atomic E-state index is 11.2. The topological polar surface area (TPSA) is 60.7 Å². The number of carboxylic acid groups (broad SMARTS) is 1. The Hall–Kier alpha value is -2.95. The smallest absolute Gasteiger partial charge is 0.335 e. The van der Waals surface area contributed by atoms with Gasteiger partial charge in [-0.2, -0.15) is 0 Å². The van der Waals surface area contributed by atoms with Crippen LogP contribution in [0.2, 0.25) is 0 Å². The minimum absolute atomic E-state index is 0.278. The molecule has 0 aliphatic heterocycles. The van der Waals surface area contributed by atoms with Gasteiger partial charge in [0.05, 0.1) is 19.8 Å². The molecule has 0 aliphatic carbocycles. The highest BCUT2D eigenvalue weighted by molar-refractivity contribution is 5.93. The van der Waals surface area contributed by atoms with Crippen molar-refractivity contribution in [1.29, 1.82) is 0 Å². The molecule has 5 nitrogen and oxygen atoms in total. The standard InChI is InChI=1S/C18H17NO4/c1-22-15-7-12(8-16(10-15)23-2)11-19-6-5-13-3-4-14(18(20)21)9-17(13)19/h3-10H,11H2,1-2H3,(H,20,21). The number of hydrogen-bond acceptors (Lipinski definition) is 3. The van der Waals surface area contributed by atoms with Crippen LogP contribution >= 0.6 is 0 Å². The van der Waals surface area contributed by atoms with Crippen molar-refractivity contribution >= 4 is 16.9 Å². The van der Waals surface area contributed by atoms with E-state index in [1.165, 1.54) is 0 Å². The van der Waals surface area contributed by atoms with E-state index in [0.717, 1.165) is 28.0 Å². The number of aromatic nitrogens is 1. The number of benzene rings is 2. The van der Waals surface area contributed by atoms with Gasteiger partial charge in [0.1, 0.15) is 11.5 Å². The Bertz CT molecular complexity index is 844. The number of aromatic carboxylic acids is 1. The lowest BCUT2D eigenvalue weighted by Gasteiger charge is -2.10. The summed E-state index contributed by atoms with van der Waals surface area (Å²) in [5.74, 6) is 0.520. The zero-order chi connectivity index (χ0) is 16.4. The summed E-state index contributed by atoms with van der Waals surface area (Å²) < 4.78 is 12.6. The lowest BCUT2D eigenvalue weighted by Crippen LogP contribution is -2.01. The number of methoxy groups -OCH3 is 2. The fourth-order valence-electron chi connectivity index (χ4n) is 2.61. The van der Waals surface area contributed by atoms with Crippen molar-refractivity contribution < 1.29 is 19.4 Å². The third kappa shape index (κ3) is 2.99. The van der Waals surface area contributed by atoms with Crippen LogP contribution < -0.4 is 9.47 Å². The van der Waals surface area contributed by atoms with Gasteiger partial charge in [-0.15, -0.1) is 0 Å². The van der Waals surface area contributed by atoms with Crippen molar-refractivity contribution in [3.05, 3.63) is 59.8 Å². The average molecular weight is 311 g/mol. The van der Waals surface area contributed by atoms with Crippen LogP contribution in [0.25, 0.3) is 10.9 Å². The normalized spacial score (nSPS) is 10.7. The predicted octanol–water partition coefficient (Wildman–Crippen LogP) is 3.41. The highest BCUT2D eigenvalue weighted by Crippen LogP contribution is 2.25. The van der Waals surface area contributed by atoms with E-state index >= 15 is 0 Å². The quantitative estimate of drug-likeness (QED) is 0.784. The molecule has 0 unspecified atom stereocenters. The predicted molar refractivity (Wildman–Crippen MR) is 87.5 cm³/mol. The molecule has 0 bridgehead atoms. The summed E-state index contributed by atoms with van der Waals surface area (Å²) in [6.07, 6.45) is 1.95. The van der Waals surface area contributed by atoms with Crippen LogP contribution in [0.1, 0.15) is 15.9 Å². The number of ether oxygens (including phenoxy) is 2. The van der Waals surface area contributed by atoms with Crippen LogP contribution in [0.15, 0.2) is 48.7 Å². The van der Waals surface area contributed by atoms with Crippen LogP contribution in [-0.2, 0) is 6.54 Å². The van der Waals surface area contributed by atoms with Gasteiger partial charge in [-0.05, 0) is 41.3 Å². The highest BCUT2D eigenvalue weighted by Gasteiger charge is 2.08. The second-order valence-corrected chi connectivity index (χ2v) is 5.24. The summed E-state index contributed by atoms with van der Waals surface area (Å²) in [6, 6.07) is 12.8. The summed E-state index contributed by atoms with van der Waals surface area (Å²) in [7, 11) is 3.23. The van der Waals surface area contributed by atoms with Crippen LogP contribution in [0.3, 0.4) is 0 Å². The van der Waals surface area contributed by atoms with Crippen LogP contribution in [0.5, 0.6) is 11.5 Å². The number of nitrogens with zero attached hydrogens (tertiary/aromatic N) is 1. The molecule has 1 N–H and O–H groups in total. The number of carbonyl (C=O) groups is 1. The number of hydrogen-bond donors (Lipinski definition) is 1. The molecule has 1 aromatic heterocycles. The molecule has 0 atom stereocenters. The van der Waals surface area contributed by atoms with E-state index in [4.69, 9.17) is 14.6 Å². The Balaban J connectivity index is 2.01. The molecule has 0 amide bonds. The van der Waals surface area contributed by atoms with Gasteiger partial charge >= 0.3 is 5.97 Å². The van der Waals surface area contributed by atoms with Crippen molar-refractivity contribution in [3.8, 4) is 11.5 Å². The lowest BCUT2D eigenvalue weighted by atomic mass is 10.1. The molecule has 0 saturated carbocycles. The summed E-state index contributed by atoms with van der Waals surface area (Å²) in [6.45, 7) is 0.597. The number of carboxylic acids is 1. The van der Waals surface area contributed by atoms with Gasteiger partial charge in [0.25, 0.3) is 0 Å². The third-order valence-electron chi connectivity index (χ3n) is 3.79. The molecule has 3 aromatic rings. The molecule has 0 saturated heterocycles. The first-order valence-electron chi connectivity index (χ1n) is 7.15. The molecule has 5 heteroatoms. The first-order valence-corrected chi connectivity index (χ1v) is 7.15. The van der Waals surface area contributed by atoms with Gasteiger partial charge in [-0.25, -0.2) is 4.79 Å². The first-order chi connectivity index (χ1) is 11.1. The SMILES string of the molecule is COc1cc(Cn2ccc3ccc(C(=O)O)cc32)cc(OC)c1. The lowest BCUT2D eigenvalue weighted by molar-refractivity contribution is 0.0697. The summed E-state index contributed by atoms with van der Waals surface area (Å²) in [4.78, 5) is 11.2. The van der Waals surface area contributed by atoms with E-state index in [1.54, 1.807) is 26.4 Å². The second kappa shape index (κ2) is 6.04. The molecule has 0 fully saturated rings. The summed E-state index contributed by atoms with van der Waals surface area (Å²) in [5.41, 5.74) is 2.17. The van der Waals surface area contributed by atoms with Gasteiger partial charge in [-0.1, -0.05) is 6.07 Å². The summed E-state index contributed by atoms with van der Waals surface area (Å²) in [5, 5.41) is 10.2. The monoisotopic (exact) mass is 311 g/mol. The minimum Gasteiger partial charge on any atom is -0.497 e. The Kier molecular flexibility index (Phi) is 3.93. The summed E-state index contributed by atoms with van der Waals surface area (Å²) >= 11 is 0. The molecular weight excluding hydrogens is 294 g/mol. The fraction of sp³-hybridized carbons (Fsp3) is 0.167. The Morgan fingerprint density at radius 3 is 2.35 bits per heavy atom. The zero-order valence-corrected chi connectivity index (χ0v) is 12.9. The third-order valence-corrected chi connectivity index (χ3v) is 3.79. The molecule has 1 heterocycles. The van der Waals surface area contributed by atoms with Gasteiger partial charge in [0, 0.05) is 24.3 Å². The van der Waals surface area contributed by atoms with Crippen molar-refractivity contribution in [2.75, 3.05) is 14.2 Å². The van der Waals surface area contributed by atoms with Crippen molar-refractivity contribution in [1.82, 2.24) is 4.57 Å². The maximum Gasteiger partial charge on any atom is 0.335 e. The van der Waals surface area contributed by atoms with E-state index in [1.807, 2.05) is 41.1 Å². The molecule has 0 aliphatic rings.